The van der Waals surface area contributed by atoms with Crippen molar-refractivity contribution in [3.8, 4) is 5.69 Å². The highest BCUT2D eigenvalue weighted by Gasteiger charge is 1.98. The second-order valence-corrected chi connectivity index (χ2v) is 2.82. The lowest BCUT2D eigenvalue weighted by molar-refractivity contribution is 0.982. The van der Waals surface area contributed by atoms with Crippen molar-refractivity contribution < 1.29 is 1.41 Å². The molecule has 1 N–H and O–H groups in total. The van der Waals surface area contributed by atoms with Gasteiger partial charge in [-0.05, 0) is 19.1 Å². The van der Waals surface area contributed by atoms with Crippen LogP contribution in [0.1, 0.15) is 5.56 Å². The van der Waals surface area contributed by atoms with Gasteiger partial charge in [-0.25, -0.2) is 14.5 Å². The standard InChI is InChI=1S/C9H9N3O/c1-7-2-4-8(5-3-7)12-6-10-11-9(12)13/h2-6H,1H3,(H,11,13)/i/hD. The zero-order chi connectivity index (χ0) is 10.1. The number of nitrogens with zero attached hydrogens (tertiary/aromatic N) is 2. The summed E-state index contributed by atoms with van der Waals surface area (Å²) in [5.74, 6) is 0. The summed E-state index contributed by atoms with van der Waals surface area (Å²) in [4.78, 5) is 11.3. The summed E-state index contributed by atoms with van der Waals surface area (Å²) in [7, 11) is 0. The van der Waals surface area contributed by atoms with Crippen LogP contribution in [0.2, 0.25) is 1.41 Å². The van der Waals surface area contributed by atoms with Gasteiger partial charge in [-0.2, -0.15) is 5.10 Å². The Kier molecular flexibility index (Phi) is 1.48. The van der Waals surface area contributed by atoms with Crippen molar-refractivity contribution in [3.63, 3.8) is 0 Å². The molecule has 0 spiro atoms. The lowest BCUT2D eigenvalue weighted by atomic mass is 10.2. The van der Waals surface area contributed by atoms with Crippen LogP contribution in [0.4, 0.5) is 0 Å². The molecule has 0 aliphatic carbocycles. The molecule has 0 aliphatic rings. The number of aromatic nitrogens is 3. The summed E-state index contributed by atoms with van der Waals surface area (Å²) < 4.78 is 8.43. The van der Waals surface area contributed by atoms with Gasteiger partial charge >= 0.3 is 5.69 Å². The van der Waals surface area contributed by atoms with E-state index in [0.717, 1.165) is 11.3 Å². The number of benzene rings is 1. The lowest BCUT2D eigenvalue weighted by Crippen LogP contribution is -2.13. The molecule has 0 fully saturated rings. The molecule has 0 unspecified atom stereocenters. The van der Waals surface area contributed by atoms with Crippen LogP contribution in [-0.2, 0) is 0 Å². The van der Waals surface area contributed by atoms with Crippen LogP contribution in [0.5, 0.6) is 0 Å². The molecule has 4 heteroatoms. The largest absolute Gasteiger partial charge is 0.347 e. The summed E-state index contributed by atoms with van der Waals surface area (Å²) in [6, 6.07) is 7.45. The number of hydrogen-bond donors (Lipinski definition) is 1. The molecule has 2 aromatic rings. The third-order valence-electron chi connectivity index (χ3n) is 1.83. The van der Waals surface area contributed by atoms with Crippen LogP contribution in [0, 0.1) is 6.92 Å². The number of aromatic amines is 1. The monoisotopic (exact) mass is 176 g/mol. The van der Waals surface area contributed by atoms with Crippen molar-refractivity contribution in [3.05, 3.63) is 46.6 Å². The number of rotatable bonds is 1. The van der Waals surface area contributed by atoms with Crippen molar-refractivity contribution in [2.75, 3.05) is 0 Å². The van der Waals surface area contributed by atoms with Crippen molar-refractivity contribution in [1.82, 2.24) is 14.8 Å². The van der Waals surface area contributed by atoms with Gasteiger partial charge in [0.15, 0.2) is 1.41 Å². The predicted octanol–water partition coefficient (Wildman–Crippen LogP) is 0.869. The molecule has 0 saturated carbocycles. The van der Waals surface area contributed by atoms with E-state index in [9.17, 15) is 4.79 Å². The van der Waals surface area contributed by atoms with Crippen molar-refractivity contribution in [1.29, 1.82) is 0 Å². The smallest absolute Gasteiger partial charge is 0.250 e. The minimum absolute atomic E-state index is 0.464. The van der Waals surface area contributed by atoms with E-state index in [0.29, 0.717) is 5.09 Å². The Morgan fingerprint density at radius 3 is 2.69 bits per heavy atom. The van der Waals surface area contributed by atoms with Crippen LogP contribution in [0.3, 0.4) is 0 Å². The molecule has 0 saturated heterocycles. The fraction of sp³-hybridized carbons (Fsp3) is 0.111. The van der Waals surface area contributed by atoms with Crippen LogP contribution >= 0.6 is 0 Å². The van der Waals surface area contributed by atoms with Gasteiger partial charge in [-0.3, -0.25) is 0 Å². The average Bonchev–Trinajstić information content (AvgIpc) is 2.50. The maximum atomic E-state index is 11.3. The highest BCUT2D eigenvalue weighted by Crippen LogP contribution is 2.05. The summed E-state index contributed by atoms with van der Waals surface area (Å²) >= 11 is 0. The number of aryl methyl sites for hydroxylation is 1. The summed E-state index contributed by atoms with van der Waals surface area (Å²) in [5, 5.41) is 4.10. The van der Waals surface area contributed by atoms with E-state index >= 15 is 0 Å². The summed E-state index contributed by atoms with van der Waals surface area (Å²) in [6.45, 7) is 1.97. The van der Waals surface area contributed by atoms with Gasteiger partial charge in [0.2, 0.25) is 0 Å². The van der Waals surface area contributed by atoms with Crippen LogP contribution in [0.25, 0.3) is 5.69 Å². The Morgan fingerprint density at radius 2 is 2.15 bits per heavy atom. The fourth-order valence-corrected chi connectivity index (χ4v) is 1.11. The van der Waals surface area contributed by atoms with Gasteiger partial charge < -0.3 is 0 Å². The Morgan fingerprint density at radius 1 is 1.46 bits per heavy atom. The van der Waals surface area contributed by atoms with E-state index in [4.69, 9.17) is 1.41 Å². The van der Waals surface area contributed by atoms with Crippen LogP contribution < -0.4 is 5.69 Å². The molecule has 1 aromatic heterocycles. The molecule has 4 nitrogen and oxygen atoms in total. The topological polar surface area (TPSA) is 50.7 Å². The van der Waals surface area contributed by atoms with E-state index in [1.54, 1.807) is 0 Å². The van der Waals surface area contributed by atoms with Crippen molar-refractivity contribution in [2.24, 2.45) is 0 Å². The first kappa shape index (κ1) is 6.65. The second kappa shape index (κ2) is 2.90. The normalized spacial score (nSPS) is 11.3. The van der Waals surface area contributed by atoms with Crippen molar-refractivity contribution >= 4 is 0 Å². The van der Waals surface area contributed by atoms with E-state index in [2.05, 4.69) is 5.10 Å². The molecule has 0 amide bonds. The van der Waals surface area contributed by atoms with Gasteiger partial charge in [0.05, 0.1) is 5.69 Å². The van der Waals surface area contributed by atoms with Gasteiger partial charge in [-0.15, -0.1) is 0 Å². The SMILES string of the molecule is [2H]n1ncn(-c2ccc(C)cc2)c1=O. The fourth-order valence-electron chi connectivity index (χ4n) is 1.11. The third-order valence-corrected chi connectivity index (χ3v) is 1.83. The second-order valence-electron chi connectivity index (χ2n) is 2.82. The molecule has 2 rings (SSSR count). The predicted molar refractivity (Wildman–Crippen MR) is 48.9 cm³/mol. The lowest BCUT2D eigenvalue weighted by Gasteiger charge is -1.99. The number of H-pyrrole nitrogens is 1. The molecule has 66 valence electrons. The first-order valence-electron chi connectivity index (χ1n) is 4.36. The number of nitrogens with one attached hydrogen (secondary N) is 1. The Balaban J connectivity index is 2.55. The maximum Gasteiger partial charge on any atom is 0.347 e. The Labute approximate surface area is 76.3 Å². The minimum Gasteiger partial charge on any atom is -0.250 e. The molecule has 1 heterocycles. The molecular weight excluding hydrogens is 166 g/mol. The highest BCUT2D eigenvalue weighted by molar-refractivity contribution is 5.33. The summed E-state index contributed by atoms with van der Waals surface area (Å²) in [5.41, 5.74) is 1.38. The Hall–Kier alpha value is -1.84. The zero-order valence-corrected chi connectivity index (χ0v) is 7.14. The first-order valence-corrected chi connectivity index (χ1v) is 3.91. The van der Waals surface area contributed by atoms with E-state index in [-0.39, 0.29) is 0 Å². The van der Waals surface area contributed by atoms with Gasteiger partial charge in [0.1, 0.15) is 6.33 Å². The molecule has 0 atom stereocenters. The average molecular weight is 176 g/mol. The van der Waals surface area contributed by atoms with Gasteiger partial charge in [-0.1, -0.05) is 17.7 Å². The van der Waals surface area contributed by atoms with E-state index in [1.807, 2.05) is 31.2 Å². The molecule has 0 bridgehead atoms. The zero-order valence-electron chi connectivity index (χ0n) is 8.14. The molecule has 1 aromatic carbocycles. The Bertz CT molecular complexity index is 498. The van der Waals surface area contributed by atoms with E-state index < -0.39 is 5.69 Å². The van der Waals surface area contributed by atoms with Crippen LogP contribution in [-0.4, -0.2) is 14.8 Å². The quantitative estimate of drug-likeness (QED) is 0.700. The first-order chi connectivity index (χ1) is 6.68. The van der Waals surface area contributed by atoms with E-state index in [1.165, 1.54) is 10.9 Å². The highest BCUT2D eigenvalue weighted by atomic mass is 16.1. The molecular formula is C9H9N3O. The maximum absolute atomic E-state index is 11.3. The third kappa shape index (κ3) is 1.38. The molecule has 13 heavy (non-hydrogen) atoms. The minimum atomic E-state index is -0.464. The molecule has 0 radical (unpaired) electrons. The van der Waals surface area contributed by atoms with Crippen LogP contribution in [0.15, 0.2) is 35.4 Å². The van der Waals surface area contributed by atoms with Crippen molar-refractivity contribution in [2.45, 2.75) is 6.92 Å². The molecule has 0 aliphatic heterocycles. The number of hydrogen-bond acceptors (Lipinski definition) is 2. The van der Waals surface area contributed by atoms with Gasteiger partial charge in [0.25, 0.3) is 0 Å². The summed E-state index contributed by atoms with van der Waals surface area (Å²) in [6.07, 6.45) is 1.33. The van der Waals surface area contributed by atoms with Gasteiger partial charge in [0, 0.05) is 0 Å².